The number of nitrogens with one attached hydrogen (secondary N) is 1. The molecule has 1 saturated heterocycles. The summed E-state index contributed by atoms with van der Waals surface area (Å²) in [6.07, 6.45) is 3.46. The van der Waals surface area contributed by atoms with Crippen LogP contribution in [0.1, 0.15) is 32.6 Å². The number of rotatable bonds is 7. The lowest BCUT2D eigenvalue weighted by atomic mass is 9.98. The Labute approximate surface area is 138 Å². The van der Waals surface area contributed by atoms with Crippen LogP contribution in [0, 0.1) is 5.92 Å². The van der Waals surface area contributed by atoms with Crippen molar-refractivity contribution < 1.29 is 14.3 Å². The maximum atomic E-state index is 12.3. The summed E-state index contributed by atoms with van der Waals surface area (Å²) in [6, 6.07) is 9.37. The molecule has 0 aromatic heterocycles. The van der Waals surface area contributed by atoms with Crippen LogP contribution >= 0.6 is 0 Å². The van der Waals surface area contributed by atoms with Gasteiger partial charge in [0.05, 0.1) is 0 Å². The van der Waals surface area contributed by atoms with Crippen molar-refractivity contribution in [3.8, 4) is 5.75 Å². The average molecular weight is 318 g/mol. The minimum atomic E-state index is 0.0124. The van der Waals surface area contributed by atoms with E-state index < -0.39 is 0 Å². The molecular formula is C18H26N2O3. The van der Waals surface area contributed by atoms with Crippen LogP contribution < -0.4 is 10.1 Å². The Bertz CT molecular complexity index is 504. The van der Waals surface area contributed by atoms with Gasteiger partial charge < -0.3 is 15.0 Å². The molecule has 23 heavy (non-hydrogen) atoms. The molecule has 5 heteroatoms. The van der Waals surface area contributed by atoms with Crippen molar-refractivity contribution in [2.24, 2.45) is 5.92 Å². The van der Waals surface area contributed by atoms with Crippen molar-refractivity contribution in [2.45, 2.75) is 32.6 Å². The molecule has 1 atom stereocenters. The van der Waals surface area contributed by atoms with E-state index in [1.807, 2.05) is 42.2 Å². The number of para-hydroxylation sites is 1. The summed E-state index contributed by atoms with van der Waals surface area (Å²) >= 11 is 0. The van der Waals surface area contributed by atoms with Gasteiger partial charge >= 0.3 is 0 Å². The number of nitrogens with zero attached hydrogens (tertiary/aromatic N) is 1. The maximum absolute atomic E-state index is 12.3. The first-order valence-corrected chi connectivity index (χ1v) is 8.41. The van der Waals surface area contributed by atoms with Gasteiger partial charge in [-0.1, -0.05) is 25.1 Å². The highest BCUT2D eigenvalue weighted by atomic mass is 16.5. The molecule has 126 valence electrons. The molecular weight excluding hydrogens is 292 g/mol. The highest BCUT2D eigenvalue weighted by Gasteiger charge is 2.24. The third kappa shape index (κ3) is 5.93. The van der Waals surface area contributed by atoms with Gasteiger partial charge in [-0.25, -0.2) is 0 Å². The van der Waals surface area contributed by atoms with E-state index in [1.54, 1.807) is 0 Å². The minimum Gasteiger partial charge on any atom is -0.484 e. The normalized spacial score (nSPS) is 17.6. The summed E-state index contributed by atoms with van der Waals surface area (Å²) in [6.45, 7) is 4.19. The molecule has 1 fully saturated rings. The first-order chi connectivity index (χ1) is 11.2. The van der Waals surface area contributed by atoms with Gasteiger partial charge in [0.2, 0.25) is 5.91 Å². The predicted molar refractivity (Wildman–Crippen MR) is 89.2 cm³/mol. The number of hydrogen-bond acceptors (Lipinski definition) is 3. The van der Waals surface area contributed by atoms with Gasteiger partial charge in [0.1, 0.15) is 5.75 Å². The molecule has 0 saturated carbocycles. The molecule has 2 amide bonds. The number of hydrogen-bond donors (Lipinski definition) is 1. The monoisotopic (exact) mass is 318 g/mol. The fourth-order valence-electron chi connectivity index (χ4n) is 2.78. The molecule has 1 N–H and O–H groups in total. The number of amides is 2. The number of benzene rings is 1. The molecule has 0 spiro atoms. The molecule has 2 rings (SSSR count). The zero-order valence-electron chi connectivity index (χ0n) is 13.8. The van der Waals surface area contributed by atoms with E-state index in [9.17, 15) is 9.59 Å². The Morgan fingerprint density at radius 1 is 1.30 bits per heavy atom. The summed E-state index contributed by atoms with van der Waals surface area (Å²) in [5.41, 5.74) is 0. The number of ether oxygens (including phenoxy) is 1. The number of carbonyl (C=O) groups excluding carboxylic acids is 2. The van der Waals surface area contributed by atoms with Crippen LogP contribution in [0.25, 0.3) is 0 Å². The lowest BCUT2D eigenvalue weighted by Gasteiger charge is -2.32. The average Bonchev–Trinajstić information content (AvgIpc) is 2.59. The van der Waals surface area contributed by atoms with Crippen LogP contribution in [-0.4, -0.2) is 43.0 Å². The van der Waals surface area contributed by atoms with Crippen molar-refractivity contribution in [3.05, 3.63) is 30.3 Å². The maximum Gasteiger partial charge on any atom is 0.260 e. The molecule has 1 aliphatic rings. The van der Waals surface area contributed by atoms with E-state index in [0.717, 1.165) is 25.8 Å². The number of likely N-dealkylation sites (tertiary alicyclic amines) is 1. The molecule has 0 radical (unpaired) electrons. The lowest BCUT2D eigenvalue weighted by Crippen LogP contribution is -2.45. The van der Waals surface area contributed by atoms with Crippen molar-refractivity contribution >= 4 is 11.8 Å². The summed E-state index contributed by atoms with van der Waals surface area (Å²) in [7, 11) is 0. The number of carbonyl (C=O) groups is 2. The van der Waals surface area contributed by atoms with Gasteiger partial charge in [0.25, 0.3) is 5.91 Å². The highest BCUT2D eigenvalue weighted by Crippen LogP contribution is 2.16. The largest absolute Gasteiger partial charge is 0.484 e. The van der Waals surface area contributed by atoms with E-state index in [-0.39, 0.29) is 18.4 Å². The molecule has 0 aliphatic carbocycles. The van der Waals surface area contributed by atoms with Crippen molar-refractivity contribution in [3.63, 3.8) is 0 Å². The Hall–Kier alpha value is -2.04. The van der Waals surface area contributed by atoms with Crippen molar-refractivity contribution in [2.75, 3.05) is 26.2 Å². The summed E-state index contributed by atoms with van der Waals surface area (Å²) in [4.78, 5) is 25.7. The van der Waals surface area contributed by atoms with Gasteiger partial charge in [0.15, 0.2) is 6.61 Å². The zero-order valence-corrected chi connectivity index (χ0v) is 13.8. The van der Waals surface area contributed by atoms with Gasteiger partial charge in [0, 0.05) is 26.1 Å². The van der Waals surface area contributed by atoms with Crippen LogP contribution in [0.4, 0.5) is 0 Å². The standard InChI is InChI=1S/C18H26N2O3/c1-2-7-17(21)19-12-15-8-6-11-20(13-15)18(22)14-23-16-9-4-3-5-10-16/h3-5,9-10,15H,2,6-8,11-14H2,1H3,(H,19,21)/t15-/m1/s1. The Morgan fingerprint density at radius 3 is 2.83 bits per heavy atom. The van der Waals surface area contributed by atoms with Gasteiger partial charge in [-0.3, -0.25) is 9.59 Å². The Balaban J connectivity index is 1.74. The summed E-state index contributed by atoms with van der Waals surface area (Å²) < 4.78 is 5.53. The third-order valence-corrected chi connectivity index (χ3v) is 4.04. The smallest absolute Gasteiger partial charge is 0.260 e. The molecule has 1 aromatic carbocycles. The van der Waals surface area contributed by atoms with Crippen molar-refractivity contribution in [1.29, 1.82) is 0 Å². The first-order valence-electron chi connectivity index (χ1n) is 8.41. The molecule has 5 nitrogen and oxygen atoms in total. The van der Waals surface area contributed by atoms with Crippen LogP contribution in [0.15, 0.2) is 30.3 Å². The summed E-state index contributed by atoms with van der Waals surface area (Å²) in [5.74, 6) is 1.16. The van der Waals surface area contributed by atoms with E-state index in [0.29, 0.717) is 31.2 Å². The zero-order chi connectivity index (χ0) is 16.5. The first kappa shape index (κ1) is 17.3. The quantitative estimate of drug-likeness (QED) is 0.838. The molecule has 0 bridgehead atoms. The highest BCUT2D eigenvalue weighted by molar-refractivity contribution is 5.78. The van der Waals surface area contributed by atoms with E-state index in [2.05, 4.69) is 5.32 Å². The molecule has 1 heterocycles. The predicted octanol–water partition coefficient (Wildman–Crippen LogP) is 2.22. The second-order valence-electron chi connectivity index (χ2n) is 6.00. The van der Waals surface area contributed by atoms with Gasteiger partial charge in [-0.15, -0.1) is 0 Å². The third-order valence-electron chi connectivity index (χ3n) is 4.04. The van der Waals surface area contributed by atoms with E-state index in [1.165, 1.54) is 0 Å². The minimum absolute atomic E-state index is 0.0124. The topological polar surface area (TPSA) is 58.6 Å². The van der Waals surface area contributed by atoms with Gasteiger partial charge in [-0.2, -0.15) is 0 Å². The SMILES string of the molecule is CCCC(=O)NC[C@H]1CCCN(C(=O)COc2ccccc2)C1. The number of piperidine rings is 1. The fourth-order valence-corrected chi connectivity index (χ4v) is 2.78. The molecule has 0 unspecified atom stereocenters. The lowest BCUT2D eigenvalue weighted by molar-refractivity contribution is -0.135. The second-order valence-corrected chi connectivity index (χ2v) is 6.00. The van der Waals surface area contributed by atoms with E-state index >= 15 is 0 Å². The fraction of sp³-hybridized carbons (Fsp3) is 0.556. The van der Waals surface area contributed by atoms with Gasteiger partial charge in [-0.05, 0) is 37.3 Å². The Kier molecular flexibility index (Phi) is 6.91. The van der Waals surface area contributed by atoms with Crippen molar-refractivity contribution in [1.82, 2.24) is 10.2 Å². The Morgan fingerprint density at radius 2 is 2.09 bits per heavy atom. The summed E-state index contributed by atoms with van der Waals surface area (Å²) in [5, 5.41) is 2.96. The molecule has 1 aromatic rings. The van der Waals surface area contributed by atoms with Crippen LogP contribution in [0.5, 0.6) is 5.75 Å². The van der Waals surface area contributed by atoms with Crippen LogP contribution in [0.2, 0.25) is 0 Å². The van der Waals surface area contributed by atoms with E-state index in [4.69, 9.17) is 4.74 Å². The molecule has 1 aliphatic heterocycles. The van der Waals surface area contributed by atoms with Crippen LogP contribution in [0.3, 0.4) is 0 Å². The second kappa shape index (κ2) is 9.18. The van der Waals surface area contributed by atoms with Crippen LogP contribution in [-0.2, 0) is 9.59 Å².